The van der Waals surface area contributed by atoms with Crippen molar-refractivity contribution in [3.8, 4) is 0 Å². The zero-order valence-electron chi connectivity index (χ0n) is 9.89. The molecule has 88 valence electrons. The monoisotopic (exact) mass is 221 g/mol. The van der Waals surface area contributed by atoms with Crippen molar-refractivity contribution in [1.82, 2.24) is 4.90 Å². The molecular weight excluding hydrogens is 202 g/mol. The summed E-state index contributed by atoms with van der Waals surface area (Å²) < 4.78 is 0. The summed E-state index contributed by atoms with van der Waals surface area (Å²) in [5.74, 6) is -0.990. The second-order valence-corrected chi connectivity index (χ2v) is 4.32. The van der Waals surface area contributed by atoms with E-state index >= 15 is 0 Å². The Hall–Kier alpha value is -1.35. The number of nitrogens with zero attached hydrogens (tertiary/aromatic N) is 1. The molecule has 0 saturated carbocycles. The van der Waals surface area contributed by atoms with Crippen molar-refractivity contribution in [2.45, 2.75) is 12.8 Å². The lowest BCUT2D eigenvalue weighted by Gasteiger charge is -2.15. The van der Waals surface area contributed by atoms with Crippen LogP contribution in [0.25, 0.3) is 0 Å². The summed E-state index contributed by atoms with van der Waals surface area (Å²) in [5.41, 5.74) is 1.09. The van der Waals surface area contributed by atoms with E-state index in [9.17, 15) is 4.79 Å². The lowest BCUT2D eigenvalue weighted by Crippen LogP contribution is -2.23. The Morgan fingerprint density at radius 2 is 1.94 bits per heavy atom. The third-order valence-electron chi connectivity index (χ3n) is 2.60. The van der Waals surface area contributed by atoms with Gasteiger partial charge in [0.15, 0.2) is 0 Å². The molecule has 0 heterocycles. The minimum absolute atomic E-state index is 0.287. The minimum atomic E-state index is -0.703. The molecule has 0 fully saturated rings. The van der Waals surface area contributed by atoms with Crippen LogP contribution >= 0.6 is 0 Å². The first kappa shape index (κ1) is 12.7. The van der Waals surface area contributed by atoms with E-state index in [2.05, 4.69) is 0 Å². The quantitative estimate of drug-likeness (QED) is 0.797. The number of aliphatic carboxylic acids is 1. The largest absolute Gasteiger partial charge is 0.481 e. The molecule has 16 heavy (non-hydrogen) atoms. The maximum atomic E-state index is 11.1. The van der Waals surface area contributed by atoms with Crippen LogP contribution in [0.4, 0.5) is 0 Å². The molecule has 1 atom stereocenters. The highest BCUT2D eigenvalue weighted by atomic mass is 16.4. The van der Waals surface area contributed by atoms with Gasteiger partial charge >= 0.3 is 5.97 Å². The Kier molecular flexibility index (Phi) is 4.99. The Morgan fingerprint density at radius 1 is 1.31 bits per heavy atom. The highest BCUT2D eigenvalue weighted by Crippen LogP contribution is 2.12. The zero-order chi connectivity index (χ0) is 12.0. The van der Waals surface area contributed by atoms with Crippen LogP contribution in [-0.2, 0) is 11.2 Å². The van der Waals surface area contributed by atoms with Gasteiger partial charge in [-0.05, 0) is 39.0 Å². The predicted molar refractivity (Wildman–Crippen MR) is 64.4 cm³/mol. The van der Waals surface area contributed by atoms with Crippen LogP contribution < -0.4 is 0 Å². The van der Waals surface area contributed by atoms with Crippen molar-refractivity contribution >= 4 is 5.97 Å². The molecule has 0 saturated heterocycles. The highest BCUT2D eigenvalue weighted by Gasteiger charge is 2.17. The fourth-order valence-corrected chi connectivity index (χ4v) is 1.63. The highest BCUT2D eigenvalue weighted by molar-refractivity contribution is 5.70. The molecule has 0 aliphatic carbocycles. The van der Waals surface area contributed by atoms with Crippen LogP contribution in [0, 0.1) is 5.92 Å². The van der Waals surface area contributed by atoms with Crippen molar-refractivity contribution in [3.63, 3.8) is 0 Å². The lowest BCUT2D eigenvalue weighted by molar-refractivity contribution is -0.142. The van der Waals surface area contributed by atoms with E-state index in [1.165, 1.54) is 0 Å². The van der Waals surface area contributed by atoms with E-state index in [0.29, 0.717) is 12.8 Å². The molecule has 0 spiro atoms. The van der Waals surface area contributed by atoms with Crippen LogP contribution in [0.5, 0.6) is 0 Å². The van der Waals surface area contributed by atoms with Crippen LogP contribution in [0.3, 0.4) is 0 Å². The van der Waals surface area contributed by atoms with Gasteiger partial charge in [-0.15, -0.1) is 0 Å². The first-order chi connectivity index (χ1) is 7.59. The molecule has 1 rings (SSSR count). The van der Waals surface area contributed by atoms with Crippen molar-refractivity contribution in [2.24, 2.45) is 5.92 Å². The van der Waals surface area contributed by atoms with E-state index in [-0.39, 0.29) is 5.92 Å². The van der Waals surface area contributed by atoms with Gasteiger partial charge < -0.3 is 10.0 Å². The average molecular weight is 221 g/mol. The van der Waals surface area contributed by atoms with Crippen molar-refractivity contribution in [1.29, 1.82) is 0 Å². The lowest BCUT2D eigenvalue weighted by atomic mass is 9.96. The van der Waals surface area contributed by atoms with Crippen LogP contribution in [0.15, 0.2) is 30.3 Å². The normalized spacial score (nSPS) is 12.7. The molecule has 3 nitrogen and oxygen atoms in total. The smallest absolute Gasteiger partial charge is 0.306 e. The molecule has 0 aliphatic rings. The number of carboxylic acids is 1. The van der Waals surface area contributed by atoms with E-state index in [0.717, 1.165) is 12.1 Å². The number of hydrogen-bond acceptors (Lipinski definition) is 2. The SMILES string of the molecule is CN(C)CC[C@H](Cc1ccccc1)C(=O)O. The van der Waals surface area contributed by atoms with Crippen LogP contribution in [0.2, 0.25) is 0 Å². The van der Waals surface area contributed by atoms with Gasteiger partial charge in [0.1, 0.15) is 0 Å². The fourth-order valence-electron chi connectivity index (χ4n) is 1.63. The predicted octanol–water partition coefficient (Wildman–Crippen LogP) is 1.88. The molecule has 0 aliphatic heterocycles. The molecule has 0 bridgehead atoms. The summed E-state index contributed by atoms with van der Waals surface area (Å²) in [7, 11) is 3.92. The van der Waals surface area contributed by atoms with Gasteiger partial charge in [-0.1, -0.05) is 30.3 Å². The number of benzene rings is 1. The van der Waals surface area contributed by atoms with Gasteiger partial charge in [0.25, 0.3) is 0 Å². The van der Waals surface area contributed by atoms with Crippen molar-refractivity contribution in [3.05, 3.63) is 35.9 Å². The maximum Gasteiger partial charge on any atom is 0.306 e. The Labute approximate surface area is 96.7 Å². The zero-order valence-corrected chi connectivity index (χ0v) is 9.89. The Morgan fingerprint density at radius 3 is 2.44 bits per heavy atom. The number of rotatable bonds is 6. The molecule has 0 aromatic heterocycles. The van der Waals surface area contributed by atoms with Crippen molar-refractivity contribution in [2.75, 3.05) is 20.6 Å². The van der Waals surface area contributed by atoms with Gasteiger partial charge in [-0.3, -0.25) is 4.79 Å². The van der Waals surface area contributed by atoms with Gasteiger partial charge in [0, 0.05) is 0 Å². The van der Waals surface area contributed by atoms with Crippen LogP contribution in [0.1, 0.15) is 12.0 Å². The van der Waals surface area contributed by atoms with E-state index in [1.807, 2.05) is 49.3 Å². The van der Waals surface area contributed by atoms with E-state index < -0.39 is 5.97 Å². The molecule has 3 heteroatoms. The van der Waals surface area contributed by atoms with E-state index in [4.69, 9.17) is 5.11 Å². The molecule has 0 unspecified atom stereocenters. The third-order valence-corrected chi connectivity index (χ3v) is 2.60. The summed E-state index contributed by atoms with van der Waals surface area (Å²) in [5, 5.41) is 9.13. The maximum absolute atomic E-state index is 11.1. The van der Waals surface area contributed by atoms with Gasteiger partial charge in [-0.2, -0.15) is 0 Å². The Balaban J connectivity index is 2.55. The second kappa shape index (κ2) is 6.28. The molecule has 1 aromatic carbocycles. The Bertz CT molecular complexity index is 322. The van der Waals surface area contributed by atoms with Gasteiger partial charge in [-0.25, -0.2) is 0 Å². The minimum Gasteiger partial charge on any atom is -0.481 e. The summed E-state index contributed by atoms with van der Waals surface area (Å²) in [4.78, 5) is 13.1. The third kappa shape index (κ3) is 4.45. The topological polar surface area (TPSA) is 40.5 Å². The standard InChI is InChI=1S/C13H19NO2/c1-14(2)9-8-12(13(15)16)10-11-6-4-3-5-7-11/h3-7,12H,8-10H2,1-2H3,(H,15,16)/t12-/m1/s1. The second-order valence-electron chi connectivity index (χ2n) is 4.32. The number of hydrogen-bond donors (Lipinski definition) is 1. The van der Waals surface area contributed by atoms with Gasteiger partial charge in [0.2, 0.25) is 0 Å². The average Bonchev–Trinajstić information content (AvgIpc) is 2.25. The summed E-state index contributed by atoms with van der Waals surface area (Å²) in [6, 6.07) is 9.79. The molecular formula is C13H19NO2. The van der Waals surface area contributed by atoms with E-state index in [1.54, 1.807) is 0 Å². The molecule has 0 radical (unpaired) electrons. The van der Waals surface area contributed by atoms with Gasteiger partial charge in [0.05, 0.1) is 5.92 Å². The first-order valence-corrected chi connectivity index (χ1v) is 5.51. The summed E-state index contributed by atoms with van der Waals surface area (Å²) in [6.45, 7) is 0.809. The molecule has 1 aromatic rings. The summed E-state index contributed by atoms with van der Waals surface area (Å²) >= 11 is 0. The van der Waals surface area contributed by atoms with Crippen molar-refractivity contribution < 1.29 is 9.90 Å². The van der Waals surface area contributed by atoms with Crippen LogP contribution in [-0.4, -0.2) is 36.6 Å². The fraction of sp³-hybridized carbons (Fsp3) is 0.462. The first-order valence-electron chi connectivity index (χ1n) is 5.51. The number of carbonyl (C=O) groups is 1. The molecule has 0 amide bonds. The molecule has 1 N–H and O–H groups in total. The number of carboxylic acid groups (broad SMARTS) is 1. The summed E-state index contributed by atoms with van der Waals surface area (Å²) in [6.07, 6.45) is 1.31.